The second kappa shape index (κ2) is 7.36. The lowest BCUT2D eigenvalue weighted by molar-refractivity contribution is -0.138. The highest BCUT2D eigenvalue weighted by Crippen LogP contribution is 2.00. The monoisotopic (exact) mass is 257 g/mol. The molecule has 0 aromatic carbocycles. The fourth-order valence-corrected chi connectivity index (χ4v) is 1.32. The number of hydrogen-bond donors (Lipinski definition) is 1. The number of carbonyl (C=O) groups excluding carboxylic acids is 2. The molecule has 0 spiro atoms. The first-order valence-corrected chi connectivity index (χ1v) is 6.40. The summed E-state index contributed by atoms with van der Waals surface area (Å²) in [6.45, 7) is 9.07. The van der Waals surface area contributed by atoms with E-state index in [1.807, 2.05) is 27.7 Å². The van der Waals surface area contributed by atoms with Gasteiger partial charge in [-0.05, 0) is 27.2 Å². The maximum absolute atomic E-state index is 12.0. The van der Waals surface area contributed by atoms with E-state index in [1.165, 1.54) is 4.90 Å². The number of hydrogen-bond acceptors (Lipinski definition) is 3. The van der Waals surface area contributed by atoms with Crippen molar-refractivity contribution in [2.75, 3.05) is 33.7 Å². The Balaban J connectivity index is 4.40. The highest BCUT2D eigenvalue weighted by atomic mass is 16.2. The van der Waals surface area contributed by atoms with Gasteiger partial charge >= 0.3 is 0 Å². The topological polar surface area (TPSA) is 52.7 Å². The summed E-state index contributed by atoms with van der Waals surface area (Å²) in [5.41, 5.74) is -0.0981. The molecule has 0 heterocycles. The maximum Gasteiger partial charge on any atom is 0.241 e. The van der Waals surface area contributed by atoms with Crippen LogP contribution in [0.4, 0.5) is 0 Å². The number of nitrogens with one attached hydrogen (secondary N) is 1. The third-order valence-electron chi connectivity index (χ3n) is 2.44. The lowest BCUT2D eigenvalue weighted by Crippen LogP contribution is -2.47. The Kier molecular flexibility index (Phi) is 6.91. The van der Waals surface area contributed by atoms with E-state index >= 15 is 0 Å². The molecule has 0 unspecified atom stereocenters. The highest BCUT2D eigenvalue weighted by Gasteiger charge is 2.19. The fourth-order valence-electron chi connectivity index (χ4n) is 1.32. The molecule has 0 aromatic rings. The smallest absolute Gasteiger partial charge is 0.241 e. The first-order chi connectivity index (χ1) is 8.17. The first kappa shape index (κ1) is 16.9. The van der Waals surface area contributed by atoms with Crippen molar-refractivity contribution in [2.24, 2.45) is 0 Å². The van der Waals surface area contributed by atoms with Gasteiger partial charge in [-0.2, -0.15) is 0 Å². The van der Waals surface area contributed by atoms with Crippen LogP contribution in [0.5, 0.6) is 0 Å². The zero-order chi connectivity index (χ0) is 14.3. The van der Waals surface area contributed by atoms with E-state index in [9.17, 15) is 9.59 Å². The summed E-state index contributed by atoms with van der Waals surface area (Å²) in [5, 5.41) is 3.15. The molecule has 18 heavy (non-hydrogen) atoms. The standard InChI is InChI=1S/C13H27N3O2/c1-7-8-16(10-12(18)15(5)6)11(17)9-14-13(2,3)4/h14H,7-10H2,1-6H3. The van der Waals surface area contributed by atoms with Crippen LogP contribution in [0.2, 0.25) is 0 Å². The predicted octanol–water partition coefficient (Wildman–Crippen LogP) is 0.701. The zero-order valence-electron chi connectivity index (χ0n) is 12.5. The minimum absolute atomic E-state index is 0.0259. The van der Waals surface area contributed by atoms with Crippen molar-refractivity contribution in [3.05, 3.63) is 0 Å². The van der Waals surface area contributed by atoms with Gasteiger partial charge < -0.3 is 15.1 Å². The van der Waals surface area contributed by atoms with Gasteiger partial charge in [-0.15, -0.1) is 0 Å². The molecule has 2 amide bonds. The Hall–Kier alpha value is -1.10. The fraction of sp³-hybridized carbons (Fsp3) is 0.846. The minimum Gasteiger partial charge on any atom is -0.347 e. The Bertz CT molecular complexity index is 282. The molecule has 5 nitrogen and oxygen atoms in total. The van der Waals surface area contributed by atoms with Gasteiger partial charge in [0.1, 0.15) is 0 Å². The summed E-state index contributed by atoms with van der Waals surface area (Å²) in [5.74, 6) is -0.0745. The van der Waals surface area contributed by atoms with Crippen molar-refractivity contribution in [2.45, 2.75) is 39.7 Å². The zero-order valence-corrected chi connectivity index (χ0v) is 12.5. The lowest BCUT2D eigenvalue weighted by Gasteiger charge is -2.26. The average molecular weight is 257 g/mol. The molecule has 0 atom stereocenters. The van der Waals surface area contributed by atoms with Crippen molar-refractivity contribution in [1.29, 1.82) is 0 Å². The molecule has 106 valence electrons. The molecule has 1 N–H and O–H groups in total. The molecule has 0 bridgehead atoms. The molecular formula is C13H27N3O2. The maximum atomic E-state index is 12.0. The molecule has 0 aliphatic rings. The van der Waals surface area contributed by atoms with Crippen molar-refractivity contribution in [3.63, 3.8) is 0 Å². The predicted molar refractivity (Wildman–Crippen MR) is 73.3 cm³/mol. The third kappa shape index (κ3) is 7.27. The summed E-state index contributed by atoms with van der Waals surface area (Å²) in [7, 11) is 3.40. The summed E-state index contributed by atoms with van der Waals surface area (Å²) in [6, 6.07) is 0. The van der Waals surface area contributed by atoms with E-state index in [0.29, 0.717) is 6.54 Å². The van der Waals surface area contributed by atoms with E-state index in [-0.39, 0.29) is 30.4 Å². The van der Waals surface area contributed by atoms with Crippen LogP contribution in [0, 0.1) is 0 Å². The second-order valence-corrected chi connectivity index (χ2v) is 5.71. The van der Waals surface area contributed by atoms with E-state index in [1.54, 1.807) is 19.0 Å². The normalized spacial score (nSPS) is 11.2. The summed E-state index contributed by atoms with van der Waals surface area (Å²) in [6.07, 6.45) is 0.849. The third-order valence-corrected chi connectivity index (χ3v) is 2.44. The van der Waals surface area contributed by atoms with Crippen LogP contribution in [-0.2, 0) is 9.59 Å². The van der Waals surface area contributed by atoms with Crippen molar-refractivity contribution in [3.8, 4) is 0 Å². The van der Waals surface area contributed by atoms with Crippen molar-refractivity contribution in [1.82, 2.24) is 15.1 Å². The van der Waals surface area contributed by atoms with Gasteiger partial charge in [-0.25, -0.2) is 0 Å². The number of nitrogens with zero attached hydrogens (tertiary/aromatic N) is 2. The SMILES string of the molecule is CCCN(CC(=O)N(C)C)C(=O)CNC(C)(C)C. The van der Waals surface area contributed by atoms with E-state index in [4.69, 9.17) is 0 Å². The number of likely N-dealkylation sites (N-methyl/N-ethyl adjacent to an activating group) is 1. The molecule has 0 fully saturated rings. The van der Waals surface area contributed by atoms with Crippen LogP contribution >= 0.6 is 0 Å². The second-order valence-electron chi connectivity index (χ2n) is 5.71. The number of rotatable bonds is 6. The molecule has 0 aromatic heterocycles. The summed E-state index contributed by atoms with van der Waals surface area (Å²) in [4.78, 5) is 26.8. The Labute approximate surface area is 111 Å². The average Bonchev–Trinajstić information content (AvgIpc) is 2.23. The van der Waals surface area contributed by atoms with Crippen LogP contribution in [-0.4, -0.2) is 60.9 Å². The van der Waals surface area contributed by atoms with E-state index in [0.717, 1.165) is 6.42 Å². The molecule has 5 heteroatoms. The van der Waals surface area contributed by atoms with Crippen LogP contribution in [0.3, 0.4) is 0 Å². The molecule has 0 aliphatic carbocycles. The van der Waals surface area contributed by atoms with Crippen LogP contribution in [0.15, 0.2) is 0 Å². The van der Waals surface area contributed by atoms with Gasteiger partial charge in [-0.1, -0.05) is 6.92 Å². The van der Waals surface area contributed by atoms with E-state index in [2.05, 4.69) is 5.32 Å². The Morgan fingerprint density at radius 1 is 1.11 bits per heavy atom. The quantitative estimate of drug-likeness (QED) is 0.762. The van der Waals surface area contributed by atoms with Crippen molar-refractivity contribution >= 4 is 11.8 Å². The van der Waals surface area contributed by atoms with Gasteiger partial charge in [0.25, 0.3) is 0 Å². The van der Waals surface area contributed by atoms with Crippen LogP contribution in [0.25, 0.3) is 0 Å². The molecule has 0 rings (SSSR count). The first-order valence-electron chi connectivity index (χ1n) is 6.40. The van der Waals surface area contributed by atoms with Gasteiger partial charge in [-0.3, -0.25) is 9.59 Å². The Morgan fingerprint density at radius 3 is 2.06 bits per heavy atom. The van der Waals surface area contributed by atoms with Gasteiger partial charge in [0.05, 0.1) is 13.1 Å². The molecule has 0 saturated carbocycles. The lowest BCUT2D eigenvalue weighted by atomic mass is 10.1. The van der Waals surface area contributed by atoms with Crippen LogP contribution < -0.4 is 5.32 Å². The van der Waals surface area contributed by atoms with Gasteiger partial charge in [0.15, 0.2) is 0 Å². The Morgan fingerprint density at radius 2 is 1.67 bits per heavy atom. The molecule has 0 radical (unpaired) electrons. The van der Waals surface area contributed by atoms with E-state index < -0.39 is 0 Å². The summed E-state index contributed by atoms with van der Waals surface area (Å²) >= 11 is 0. The highest BCUT2D eigenvalue weighted by molar-refractivity contribution is 5.85. The van der Waals surface area contributed by atoms with Crippen molar-refractivity contribution < 1.29 is 9.59 Å². The summed E-state index contributed by atoms with van der Waals surface area (Å²) < 4.78 is 0. The van der Waals surface area contributed by atoms with Gasteiger partial charge in [0.2, 0.25) is 11.8 Å². The molecular weight excluding hydrogens is 230 g/mol. The van der Waals surface area contributed by atoms with Crippen LogP contribution in [0.1, 0.15) is 34.1 Å². The molecule has 0 aliphatic heterocycles. The number of carbonyl (C=O) groups is 2. The minimum atomic E-state index is -0.0981. The molecule has 0 saturated heterocycles. The van der Waals surface area contributed by atoms with Gasteiger partial charge in [0, 0.05) is 26.2 Å². The largest absolute Gasteiger partial charge is 0.347 e. The number of amides is 2.